The summed E-state index contributed by atoms with van der Waals surface area (Å²) in [5, 5.41) is 21.3. The van der Waals surface area contributed by atoms with Crippen LogP contribution in [0.25, 0.3) is 11.1 Å². The molecule has 54 heavy (non-hydrogen) atoms. The number of benzene rings is 4. The standard InChI is InChI=1S/C44H54N4O6/c49-32-34-16-18-36(19-17-34)41-28-39(31-48-26-24-47(25-27-48)30-33-10-4-3-5-11-33)53-44(54-41)37-22-20-35(21-23-37)40-13-9-8-12-38(40)29-45-42(50)14-6-1-2-7-15-43(51)46-52/h3-5,8-13,16-23,39,41,44,49,52H,1-2,6-7,14-15,24-32H2,(H,45,50)(H,46,51)/t39-,41+,44+/m0/s1. The molecule has 0 saturated carbocycles. The number of carbonyl (C=O) groups excluding carboxylic acids is 2. The Morgan fingerprint density at radius 1 is 0.685 bits per heavy atom. The van der Waals surface area contributed by atoms with Crippen molar-refractivity contribution in [3.8, 4) is 11.1 Å². The fourth-order valence-electron chi connectivity index (χ4n) is 7.33. The second-order valence-electron chi connectivity index (χ2n) is 14.4. The Labute approximate surface area is 319 Å². The van der Waals surface area contributed by atoms with E-state index in [2.05, 4.69) is 87.9 Å². The highest BCUT2D eigenvalue weighted by Crippen LogP contribution is 2.39. The Morgan fingerprint density at radius 2 is 1.33 bits per heavy atom. The zero-order valence-electron chi connectivity index (χ0n) is 31.1. The number of rotatable bonds is 17. The average Bonchev–Trinajstić information content (AvgIpc) is 3.22. The zero-order valence-corrected chi connectivity index (χ0v) is 31.1. The number of hydrogen-bond acceptors (Lipinski definition) is 8. The van der Waals surface area contributed by atoms with Crippen molar-refractivity contribution in [1.29, 1.82) is 0 Å². The predicted molar refractivity (Wildman–Crippen MR) is 208 cm³/mol. The highest BCUT2D eigenvalue weighted by molar-refractivity contribution is 5.76. The fourth-order valence-corrected chi connectivity index (χ4v) is 7.33. The maximum Gasteiger partial charge on any atom is 0.243 e. The molecule has 4 N–H and O–H groups in total. The second-order valence-corrected chi connectivity index (χ2v) is 14.4. The van der Waals surface area contributed by atoms with Crippen LogP contribution in [0.15, 0.2) is 103 Å². The minimum Gasteiger partial charge on any atom is -0.392 e. The van der Waals surface area contributed by atoms with Crippen LogP contribution in [-0.4, -0.2) is 70.8 Å². The SMILES string of the molecule is O=C(CCCCCCC(=O)NCc1ccccc1-c1ccc([C@@H]2O[C@H](CN3CCN(Cc4ccccc4)CC3)C[C@H](c3ccc(CO)cc3)O2)cc1)NO. The normalized spacial score (nSPS) is 19.3. The van der Waals surface area contributed by atoms with E-state index < -0.39 is 6.29 Å². The predicted octanol–water partition coefficient (Wildman–Crippen LogP) is 6.67. The van der Waals surface area contributed by atoms with E-state index in [0.29, 0.717) is 19.4 Å². The van der Waals surface area contributed by atoms with E-state index >= 15 is 0 Å². The summed E-state index contributed by atoms with van der Waals surface area (Å²) in [6.07, 6.45) is 3.92. The lowest BCUT2D eigenvalue weighted by atomic mass is 9.97. The molecule has 0 aromatic heterocycles. The summed E-state index contributed by atoms with van der Waals surface area (Å²) in [6.45, 7) is 6.29. The van der Waals surface area contributed by atoms with Gasteiger partial charge in [-0.15, -0.1) is 0 Å². The maximum absolute atomic E-state index is 12.6. The third-order valence-electron chi connectivity index (χ3n) is 10.5. The van der Waals surface area contributed by atoms with Crippen LogP contribution in [0.5, 0.6) is 0 Å². The number of carbonyl (C=O) groups is 2. The minimum absolute atomic E-state index is 0.00372. The third-order valence-corrected chi connectivity index (χ3v) is 10.5. The largest absolute Gasteiger partial charge is 0.392 e. The molecule has 4 aromatic carbocycles. The van der Waals surface area contributed by atoms with Gasteiger partial charge in [-0.1, -0.05) is 116 Å². The number of amides is 2. The highest BCUT2D eigenvalue weighted by Gasteiger charge is 2.34. The fraction of sp³-hybridized carbons (Fsp3) is 0.409. The van der Waals surface area contributed by atoms with Gasteiger partial charge in [-0.3, -0.25) is 24.6 Å². The van der Waals surface area contributed by atoms with Gasteiger partial charge in [0.15, 0.2) is 6.29 Å². The van der Waals surface area contributed by atoms with Crippen LogP contribution in [0, 0.1) is 0 Å². The van der Waals surface area contributed by atoms with E-state index in [0.717, 1.165) is 98.3 Å². The number of aliphatic hydroxyl groups excluding tert-OH is 1. The summed E-state index contributed by atoms with van der Waals surface area (Å²) >= 11 is 0. The van der Waals surface area contributed by atoms with Gasteiger partial charge in [-0.25, -0.2) is 5.48 Å². The topological polar surface area (TPSA) is 124 Å². The third kappa shape index (κ3) is 11.5. The van der Waals surface area contributed by atoms with Crippen molar-refractivity contribution in [2.45, 2.75) is 83.1 Å². The van der Waals surface area contributed by atoms with Gasteiger partial charge >= 0.3 is 0 Å². The molecule has 0 unspecified atom stereocenters. The van der Waals surface area contributed by atoms with Crippen LogP contribution < -0.4 is 10.8 Å². The molecular weight excluding hydrogens is 681 g/mol. The number of piperazine rings is 1. The second kappa shape index (κ2) is 20.3. The molecule has 10 nitrogen and oxygen atoms in total. The molecular formula is C44H54N4O6. The first-order valence-corrected chi connectivity index (χ1v) is 19.3. The lowest BCUT2D eigenvalue weighted by molar-refractivity contribution is -0.253. The van der Waals surface area contributed by atoms with E-state index in [-0.39, 0.29) is 37.0 Å². The molecule has 286 valence electrons. The molecule has 2 aliphatic heterocycles. The van der Waals surface area contributed by atoms with Gasteiger partial charge < -0.3 is 19.9 Å². The van der Waals surface area contributed by atoms with E-state index in [1.165, 1.54) is 5.56 Å². The lowest BCUT2D eigenvalue weighted by Gasteiger charge is -2.40. The summed E-state index contributed by atoms with van der Waals surface area (Å²) in [5.41, 5.74) is 9.05. The van der Waals surface area contributed by atoms with Gasteiger partial charge in [0.1, 0.15) is 0 Å². The van der Waals surface area contributed by atoms with Crippen molar-refractivity contribution in [2.75, 3.05) is 32.7 Å². The monoisotopic (exact) mass is 734 g/mol. The summed E-state index contributed by atoms with van der Waals surface area (Å²) < 4.78 is 13.4. The van der Waals surface area contributed by atoms with Crippen molar-refractivity contribution in [1.82, 2.24) is 20.6 Å². The van der Waals surface area contributed by atoms with Crippen LogP contribution in [-0.2, 0) is 38.8 Å². The number of nitrogens with zero attached hydrogens (tertiary/aromatic N) is 2. The van der Waals surface area contributed by atoms with Crippen molar-refractivity contribution < 1.29 is 29.4 Å². The molecule has 0 radical (unpaired) electrons. The van der Waals surface area contributed by atoms with Gasteiger partial charge in [-0.05, 0) is 46.2 Å². The summed E-state index contributed by atoms with van der Waals surface area (Å²) in [7, 11) is 0. The Morgan fingerprint density at radius 3 is 2.04 bits per heavy atom. The first-order chi connectivity index (χ1) is 26.5. The van der Waals surface area contributed by atoms with E-state index in [1.807, 2.05) is 30.3 Å². The van der Waals surface area contributed by atoms with Crippen molar-refractivity contribution >= 4 is 11.8 Å². The van der Waals surface area contributed by atoms with Crippen LogP contribution in [0.2, 0.25) is 0 Å². The Hall–Kier alpha value is -4.42. The van der Waals surface area contributed by atoms with Crippen LogP contribution in [0.4, 0.5) is 0 Å². The summed E-state index contributed by atoms with van der Waals surface area (Å²) in [6, 6.07) is 35.2. The molecule has 3 atom stereocenters. The van der Waals surface area contributed by atoms with Gasteiger partial charge in [0.25, 0.3) is 0 Å². The van der Waals surface area contributed by atoms with E-state index in [4.69, 9.17) is 14.7 Å². The number of aliphatic hydroxyl groups is 1. The molecule has 0 aliphatic carbocycles. The maximum atomic E-state index is 12.6. The molecule has 2 aliphatic rings. The Kier molecular flexibility index (Phi) is 14.8. The Balaban J connectivity index is 1.06. The molecule has 2 saturated heterocycles. The first-order valence-electron chi connectivity index (χ1n) is 19.3. The van der Waals surface area contributed by atoms with Gasteiger partial charge in [-0.2, -0.15) is 0 Å². The van der Waals surface area contributed by atoms with E-state index in [1.54, 1.807) is 5.48 Å². The molecule has 2 amide bonds. The molecule has 0 bridgehead atoms. The molecule has 2 heterocycles. The van der Waals surface area contributed by atoms with Crippen LogP contribution in [0.3, 0.4) is 0 Å². The Bertz CT molecular complexity index is 1750. The van der Waals surface area contributed by atoms with Crippen molar-refractivity contribution in [3.63, 3.8) is 0 Å². The average molecular weight is 735 g/mol. The number of unbranched alkanes of at least 4 members (excludes halogenated alkanes) is 3. The summed E-state index contributed by atoms with van der Waals surface area (Å²) in [4.78, 5) is 28.8. The zero-order chi connectivity index (χ0) is 37.5. The van der Waals surface area contributed by atoms with Gasteiger partial charge in [0, 0.05) is 70.6 Å². The smallest absolute Gasteiger partial charge is 0.243 e. The van der Waals surface area contributed by atoms with Crippen molar-refractivity contribution in [3.05, 3.63) is 131 Å². The van der Waals surface area contributed by atoms with Gasteiger partial charge in [0.2, 0.25) is 11.8 Å². The number of ether oxygens (including phenoxy) is 2. The number of hydroxylamine groups is 1. The molecule has 0 spiro atoms. The van der Waals surface area contributed by atoms with Gasteiger partial charge in [0.05, 0.1) is 18.8 Å². The van der Waals surface area contributed by atoms with Crippen LogP contribution in [0.1, 0.15) is 85.2 Å². The molecule has 10 heteroatoms. The molecule has 2 fully saturated rings. The minimum atomic E-state index is -0.527. The molecule has 4 aromatic rings. The van der Waals surface area contributed by atoms with Crippen LogP contribution >= 0.6 is 0 Å². The highest BCUT2D eigenvalue weighted by atomic mass is 16.7. The number of hydrogen-bond donors (Lipinski definition) is 4. The molecule has 6 rings (SSSR count). The number of nitrogens with one attached hydrogen (secondary N) is 2. The quantitative estimate of drug-likeness (QED) is 0.0539. The summed E-state index contributed by atoms with van der Waals surface area (Å²) in [5.74, 6) is -0.375. The van der Waals surface area contributed by atoms with E-state index in [9.17, 15) is 14.7 Å². The van der Waals surface area contributed by atoms with Crippen molar-refractivity contribution in [2.24, 2.45) is 0 Å². The first kappa shape index (κ1) is 39.3. The lowest BCUT2D eigenvalue weighted by Crippen LogP contribution is -2.49.